The Bertz CT molecular complexity index is 916. The molecule has 3 N–H and O–H groups in total. The maximum Gasteiger partial charge on any atom is 0.269 e. The van der Waals surface area contributed by atoms with Gasteiger partial charge in [-0.3, -0.25) is 25.5 Å². The van der Waals surface area contributed by atoms with Gasteiger partial charge in [-0.15, -0.1) is 5.10 Å². The Morgan fingerprint density at radius 1 is 1.04 bits per heavy atom. The molecule has 0 aliphatic carbocycles. The van der Waals surface area contributed by atoms with E-state index in [-0.39, 0.29) is 17.6 Å². The molecule has 132 valence electrons. The van der Waals surface area contributed by atoms with E-state index >= 15 is 0 Å². The van der Waals surface area contributed by atoms with Crippen LogP contribution in [0.3, 0.4) is 0 Å². The van der Waals surface area contributed by atoms with E-state index in [0.717, 1.165) is 17.3 Å². The van der Waals surface area contributed by atoms with Crippen LogP contribution in [0.15, 0.2) is 59.8 Å². The van der Waals surface area contributed by atoms with Crippen LogP contribution in [0.1, 0.15) is 10.4 Å². The van der Waals surface area contributed by atoms with Crippen LogP contribution in [0, 0.1) is 0 Å². The Labute approximate surface area is 158 Å². The highest BCUT2D eigenvalue weighted by molar-refractivity contribution is 7.99. The summed E-state index contributed by atoms with van der Waals surface area (Å²) in [5.74, 6) is -0.184. The van der Waals surface area contributed by atoms with Crippen LogP contribution >= 0.6 is 23.4 Å². The lowest BCUT2D eigenvalue weighted by Crippen LogP contribution is -2.42. The molecule has 0 aliphatic heterocycles. The predicted molar refractivity (Wildman–Crippen MR) is 99.6 cm³/mol. The summed E-state index contributed by atoms with van der Waals surface area (Å²) >= 11 is 7.26. The molecule has 2 aromatic carbocycles. The topological polar surface area (TPSA) is 99.8 Å². The maximum absolute atomic E-state index is 11.8. The zero-order valence-electron chi connectivity index (χ0n) is 13.4. The van der Waals surface area contributed by atoms with Crippen molar-refractivity contribution in [2.45, 2.75) is 5.16 Å². The molecule has 9 heteroatoms. The number of thioether (sulfide) groups is 1. The molecule has 0 fully saturated rings. The first kappa shape index (κ1) is 18.0. The number of aromatic nitrogens is 3. The monoisotopic (exact) mass is 387 g/mol. The summed E-state index contributed by atoms with van der Waals surface area (Å²) in [5.41, 5.74) is 5.90. The van der Waals surface area contributed by atoms with Crippen LogP contribution in [-0.4, -0.2) is 32.7 Å². The fourth-order valence-corrected chi connectivity index (χ4v) is 2.86. The van der Waals surface area contributed by atoms with Gasteiger partial charge in [-0.2, -0.15) is 0 Å². The smallest absolute Gasteiger partial charge is 0.269 e. The zero-order valence-corrected chi connectivity index (χ0v) is 15.0. The molecule has 26 heavy (non-hydrogen) atoms. The third-order valence-corrected chi connectivity index (χ3v) is 4.45. The van der Waals surface area contributed by atoms with Crippen LogP contribution in [0.2, 0.25) is 5.02 Å². The van der Waals surface area contributed by atoms with E-state index in [1.165, 1.54) is 0 Å². The summed E-state index contributed by atoms with van der Waals surface area (Å²) < 4.78 is 0. The lowest BCUT2D eigenvalue weighted by molar-refractivity contribution is -0.119. The van der Waals surface area contributed by atoms with Crippen LogP contribution < -0.4 is 10.9 Å². The summed E-state index contributed by atoms with van der Waals surface area (Å²) in [6, 6.07) is 15.8. The Morgan fingerprint density at radius 2 is 1.77 bits per heavy atom. The number of carbonyl (C=O) groups is 2. The number of amides is 2. The number of H-pyrrole nitrogens is 1. The number of nitrogens with one attached hydrogen (secondary N) is 3. The molecular formula is C17H14ClN5O2S. The molecule has 1 heterocycles. The van der Waals surface area contributed by atoms with Crippen molar-refractivity contribution in [2.75, 3.05) is 5.75 Å². The highest BCUT2D eigenvalue weighted by Crippen LogP contribution is 2.25. The number of rotatable bonds is 5. The normalized spacial score (nSPS) is 10.3. The number of carbonyl (C=O) groups excluding carboxylic acids is 2. The largest absolute Gasteiger partial charge is 0.272 e. The third kappa shape index (κ3) is 4.62. The third-order valence-electron chi connectivity index (χ3n) is 3.28. The molecule has 2 amide bonds. The Balaban J connectivity index is 1.49. The van der Waals surface area contributed by atoms with Crippen LogP contribution in [0.4, 0.5) is 0 Å². The minimum atomic E-state index is -0.386. The van der Waals surface area contributed by atoms with E-state index in [1.807, 2.05) is 18.2 Å². The van der Waals surface area contributed by atoms with Crippen LogP contribution in [0.5, 0.6) is 0 Å². The second-order valence-electron chi connectivity index (χ2n) is 5.10. The summed E-state index contributed by atoms with van der Waals surface area (Å²) in [7, 11) is 0. The van der Waals surface area contributed by atoms with Crippen molar-refractivity contribution in [2.24, 2.45) is 0 Å². The second kappa shape index (κ2) is 8.50. The van der Waals surface area contributed by atoms with Crippen LogP contribution in [0.25, 0.3) is 11.4 Å². The number of hydrogen-bond acceptors (Lipinski definition) is 5. The Morgan fingerprint density at radius 3 is 2.54 bits per heavy atom. The zero-order chi connectivity index (χ0) is 18.4. The van der Waals surface area contributed by atoms with Crippen molar-refractivity contribution in [1.29, 1.82) is 0 Å². The molecule has 3 aromatic rings. The van der Waals surface area contributed by atoms with Gasteiger partial charge in [0.2, 0.25) is 11.1 Å². The molecule has 0 atom stereocenters. The SMILES string of the molecule is O=C(CSc1n[nH]c(-c2ccccc2Cl)n1)NNC(=O)c1ccccc1. The highest BCUT2D eigenvalue weighted by Gasteiger charge is 2.11. The van der Waals surface area contributed by atoms with Crippen molar-refractivity contribution in [1.82, 2.24) is 26.0 Å². The van der Waals surface area contributed by atoms with Crippen molar-refractivity contribution in [3.63, 3.8) is 0 Å². The van der Waals surface area contributed by atoms with E-state index in [4.69, 9.17) is 11.6 Å². The predicted octanol–water partition coefficient (Wildman–Crippen LogP) is 2.68. The molecule has 0 spiro atoms. The first-order valence-electron chi connectivity index (χ1n) is 7.58. The van der Waals surface area contributed by atoms with Crippen molar-refractivity contribution in [3.8, 4) is 11.4 Å². The number of halogens is 1. The molecular weight excluding hydrogens is 374 g/mol. The second-order valence-corrected chi connectivity index (χ2v) is 6.45. The molecule has 3 rings (SSSR count). The van der Waals surface area contributed by atoms with E-state index in [0.29, 0.717) is 21.6 Å². The van der Waals surface area contributed by atoms with Gasteiger partial charge in [0.25, 0.3) is 5.91 Å². The van der Waals surface area contributed by atoms with E-state index in [1.54, 1.807) is 36.4 Å². The quantitative estimate of drug-likeness (QED) is 0.461. The number of aromatic amines is 1. The van der Waals surface area contributed by atoms with Crippen molar-refractivity contribution < 1.29 is 9.59 Å². The standard InChI is InChI=1S/C17H14ClN5O2S/c18-13-9-5-4-8-12(13)15-19-17(23-21-15)26-10-14(24)20-22-16(25)11-6-2-1-3-7-11/h1-9H,10H2,(H,20,24)(H,22,25)(H,19,21,23). The van der Waals surface area contributed by atoms with Gasteiger partial charge in [0.1, 0.15) is 0 Å². The van der Waals surface area contributed by atoms with Gasteiger partial charge in [-0.25, -0.2) is 4.98 Å². The number of hydrazine groups is 1. The molecule has 7 nitrogen and oxygen atoms in total. The molecule has 0 unspecified atom stereocenters. The lowest BCUT2D eigenvalue weighted by atomic mass is 10.2. The minimum absolute atomic E-state index is 0.0505. The summed E-state index contributed by atoms with van der Waals surface area (Å²) in [6.45, 7) is 0. The lowest BCUT2D eigenvalue weighted by Gasteiger charge is -2.06. The van der Waals surface area contributed by atoms with Crippen molar-refractivity contribution >= 4 is 35.2 Å². The molecule has 0 aliphatic rings. The van der Waals surface area contributed by atoms with Crippen LogP contribution in [-0.2, 0) is 4.79 Å². The molecule has 0 bridgehead atoms. The van der Waals surface area contributed by atoms with Gasteiger partial charge in [0.15, 0.2) is 5.82 Å². The maximum atomic E-state index is 11.8. The van der Waals surface area contributed by atoms with E-state index in [9.17, 15) is 9.59 Å². The Hall–Kier alpha value is -2.84. The number of nitrogens with zero attached hydrogens (tertiary/aromatic N) is 2. The first-order chi connectivity index (χ1) is 12.6. The highest BCUT2D eigenvalue weighted by atomic mass is 35.5. The molecule has 1 aromatic heterocycles. The first-order valence-corrected chi connectivity index (χ1v) is 8.94. The number of hydrogen-bond donors (Lipinski definition) is 3. The average molecular weight is 388 g/mol. The van der Waals surface area contributed by atoms with Gasteiger partial charge in [0, 0.05) is 11.1 Å². The van der Waals surface area contributed by atoms with E-state index in [2.05, 4.69) is 26.0 Å². The average Bonchev–Trinajstić information content (AvgIpc) is 3.14. The fraction of sp³-hybridized carbons (Fsp3) is 0.0588. The van der Waals surface area contributed by atoms with Gasteiger partial charge < -0.3 is 0 Å². The van der Waals surface area contributed by atoms with Gasteiger partial charge in [0.05, 0.1) is 10.8 Å². The fourth-order valence-electron chi connectivity index (χ4n) is 2.04. The summed E-state index contributed by atoms with van der Waals surface area (Å²) in [6.07, 6.45) is 0. The molecule has 0 saturated heterocycles. The number of benzene rings is 2. The summed E-state index contributed by atoms with van der Waals surface area (Å²) in [5, 5.41) is 7.80. The Kier molecular flexibility index (Phi) is 5.88. The molecule has 0 radical (unpaired) electrons. The summed E-state index contributed by atoms with van der Waals surface area (Å²) in [4.78, 5) is 28.0. The van der Waals surface area contributed by atoms with E-state index < -0.39 is 0 Å². The molecule has 0 saturated carbocycles. The van der Waals surface area contributed by atoms with Gasteiger partial charge >= 0.3 is 0 Å². The van der Waals surface area contributed by atoms with Crippen molar-refractivity contribution in [3.05, 3.63) is 65.2 Å². The van der Waals surface area contributed by atoms with Gasteiger partial charge in [-0.05, 0) is 24.3 Å². The minimum Gasteiger partial charge on any atom is -0.272 e. The van der Waals surface area contributed by atoms with Gasteiger partial charge in [-0.1, -0.05) is 53.7 Å².